The summed E-state index contributed by atoms with van der Waals surface area (Å²) in [5.74, 6) is 0.617. The van der Waals surface area contributed by atoms with Gasteiger partial charge in [-0.25, -0.2) is 4.68 Å². The minimum atomic E-state index is -0.121. The van der Waals surface area contributed by atoms with Crippen LogP contribution in [0.3, 0.4) is 0 Å². The van der Waals surface area contributed by atoms with Crippen LogP contribution in [0.5, 0.6) is 0 Å². The van der Waals surface area contributed by atoms with Crippen LogP contribution in [-0.4, -0.2) is 39.5 Å². The van der Waals surface area contributed by atoms with Gasteiger partial charge in [0.25, 0.3) is 5.91 Å². The number of hydrogen-bond acceptors (Lipinski definition) is 3. The Morgan fingerprint density at radius 2 is 1.82 bits per heavy atom. The van der Waals surface area contributed by atoms with Crippen LogP contribution >= 0.6 is 0 Å². The predicted molar refractivity (Wildman–Crippen MR) is 110 cm³/mol. The van der Waals surface area contributed by atoms with Crippen molar-refractivity contribution in [1.82, 2.24) is 19.7 Å². The first-order valence-electron chi connectivity index (χ1n) is 9.67. The fraction of sp³-hybridized carbons (Fsp3) is 0.364. The van der Waals surface area contributed by atoms with E-state index in [0.717, 1.165) is 17.9 Å². The number of aryl methyl sites for hydroxylation is 2. The van der Waals surface area contributed by atoms with Crippen molar-refractivity contribution in [2.75, 3.05) is 13.2 Å². The first-order chi connectivity index (χ1) is 13.5. The van der Waals surface area contributed by atoms with Crippen molar-refractivity contribution in [2.45, 2.75) is 40.2 Å². The van der Waals surface area contributed by atoms with Crippen LogP contribution in [0, 0.1) is 13.8 Å². The number of ether oxygens (including phenoxy) is 1. The Labute approximate surface area is 166 Å². The Bertz CT molecular complexity index is 909. The van der Waals surface area contributed by atoms with Crippen LogP contribution < -0.4 is 5.32 Å². The predicted octanol–water partition coefficient (Wildman–Crippen LogP) is 3.82. The first kappa shape index (κ1) is 19.9. The molecule has 2 aromatic heterocycles. The molecular weight excluding hydrogens is 352 g/mol. The fourth-order valence-electron chi connectivity index (χ4n) is 3.04. The van der Waals surface area contributed by atoms with E-state index in [1.807, 2.05) is 85.7 Å². The van der Waals surface area contributed by atoms with Gasteiger partial charge in [-0.1, -0.05) is 17.7 Å². The van der Waals surface area contributed by atoms with Gasteiger partial charge in [0.2, 0.25) is 0 Å². The number of carbonyl (C=O) groups excluding carboxylic acids is 1. The minimum Gasteiger partial charge on any atom is -0.379 e. The van der Waals surface area contributed by atoms with Gasteiger partial charge in [-0.05, 0) is 58.4 Å². The molecule has 1 amide bonds. The molecule has 0 aliphatic carbocycles. The largest absolute Gasteiger partial charge is 0.379 e. The average molecular weight is 380 g/mol. The molecule has 6 nitrogen and oxygen atoms in total. The summed E-state index contributed by atoms with van der Waals surface area (Å²) in [6.45, 7) is 9.12. The van der Waals surface area contributed by atoms with E-state index >= 15 is 0 Å². The van der Waals surface area contributed by atoms with Gasteiger partial charge >= 0.3 is 0 Å². The van der Waals surface area contributed by atoms with E-state index in [2.05, 4.69) is 10.4 Å². The molecule has 0 bridgehead atoms. The molecule has 3 aromatic rings. The maximum atomic E-state index is 13.0. The Morgan fingerprint density at radius 3 is 2.46 bits per heavy atom. The Kier molecular flexibility index (Phi) is 6.31. The summed E-state index contributed by atoms with van der Waals surface area (Å²) in [7, 11) is 0. The highest BCUT2D eigenvalue weighted by molar-refractivity contribution is 5.98. The van der Waals surface area contributed by atoms with Crippen molar-refractivity contribution < 1.29 is 9.53 Å². The molecule has 0 atom stereocenters. The van der Waals surface area contributed by atoms with E-state index in [-0.39, 0.29) is 12.0 Å². The molecular formula is C22H28N4O2. The SMILES string of the molecule is Cc1ccc(-n2nc(C)c(C(=O)NCCCOC(C)C)c2-n2cccc2)cc1. The van der Waals surface area contributed by atoms with Crippen LogP contribution in [0.1, 0.15) is 41.9 Å². The van der Waals surface area contributed by atoms with Gasteiger partial charge in [0.1, 0.15) is 5.56 Å². The van der Waals surface area contributed by atoms with E-state index in [4.69, 9.17) is 4.74 Å². The smallest absolute Gasteiger partial charge is 0.256 e. The number of aromatic nitrogens is 3. The summed E-state index contributed by atoms with van der Waals surface area (Å²) in [5, 5.41) is 7.67. The number of rotatable bonds is 8. The zero-order valence-electron chi connectivity index (χ0n) is 17.0. The Hall–Kier alpha value is -2.86. The van der Waals surface area contributed by atoms with Crippen LogP contribution in [0.4, 0.5) is 0 Å². The molecule has 0 unspecified atom stereocenters. The number of carbonyl (C=O) groups is 1. The molecule has 0 fully saturated rings. The van der Waals surface area contributed by atoms with Gasteiger partial charge in [-0.2, -0.15) is 5.10 Å². The molecule has 0 aliphatic rings. The number of benzene rings is 1. The average Bonchev–Trinajstić information content (AvgIpc) is 3.29. The number of hydrogen-bond donors (Lipinski definition) is 1. The van der Waals surface area contributed by atoms with E-state index in [1.54, 1.807) is 0 Å². The standard InChI is InChI=1S/C22H28N4O2/c1-16(2)28-15-7-12-23-21(27)20-18(4)24-26(19-10-8-17(3)9-11-19)22(20)25-13-5-6-14-25/h5-6,8-11,13-14,16H,7,12,15H2,1-4H3,(H,23,27). The summed E-state index contributed by atoms with van der Waals surface area (Å²) in [6, 6.07) is 12.0. The van der Waals surface area contributed by atoms with E-state index < -0.39 is 0 Å². The lowest BCUT2D eigenvalue weighted by molar-refractivity contribution is 0.0757. The Morgan fingerprint density at radius 1 is 1.14 bits per heavy atom. The van der Waals surface area contributed by atoms with Crippen molar-refractivity contribution in [3.63, 3.8) is 0 Å². The fourth-order valence-corrected chi connectivity index (χ4v) is 3.04. The third-order valence-electron chi connectivity index (χ3n) is 4.45. The molecule has 0 radical (unpaired) electrons. The van der Waals surface area contributed by atoms with Crippen molar-refractivity contribution >= 4 is 5.91 Å². The van der Waals surface area contributed by atoms with Gasteiger partial charge in [0, 0.05) is 25.5 Å². The van der Waals surface area contributed by atoms with Crippen molar-refractivity contribution in [2.24, 2.45) is 0 Å². The molecule has 0 saturated carbocycles. The van der Waals surface area contributed by atoms with Gasteiger partial charge < -0.3 is 14.6 Å². The zero-order valence-corrected chi connectivity index (χ0v) is 17.0. The summed E-state index contributed by atoms with van der Waals surface area (Å²) in [6.07, 6.45) is 4.82. The second kappa shape index (κ2) is 8.89. The number of amides is 1. The second-order valence-corrected chi connectivity index (χ2v) is 7.15. The third-order valence-corrected chi connectivity index (χ3v) is 4.45. The molecule has 3 rings (SSSR count). The highest BCUT2D eigenvalue weighted by Gasteiger charge is 2.23. The zero-order chi connectivity index (χ0) is 20.1. The third kappa shape index (κ3) is 4.51. The number of nitrogens with zero attached hydrogens (tertiary/aromatic N) is 3. The molecule has 0 aliphatic heterocycles. The molecule has 0 spiro atoms. The summed E-state index contributed by atoms with van der Waals surface area (Å²) < 4.78 is 9.29. The summed E-state index contributed by atoms with van der Waals surface area (Å²) in [4.78, 5) is 13.0. The van der Waals surface area contributed by atoms with Gasteiger partial charge in [0.05, 0.1) is 17.5 Å². The Balaban J connectivity index is 1.88. The van der Waals surface area contributed by atoms with Crippen LogP contribution in [0.15, 0.2) is 48.8 Å². The lowest BCUT2D eigenvalue weighted by atomic mass is 10.2. The molecule has 6 heteroatoms. The normalized spacial score (nSPS) is 11.2. The first-order valence-corrected chi connectivity index (χ1v) is 9.67. The molecule has 0 saturated heterocycles. The molecule has 1 aromatic carbocycles. The van der Waals surface area contributed by atoms with Crippen molar-refractivity contribution in [3.8, 4) is 11.5 Å². The summed E-state index contributed by atoms with van der Waals surface area (Å²) in [5.41, 5.74) is 3.38. The lowest BCUT2D eigenvalue weighted by Gasteiger charge is -2.12. The maximum Gasteiger partial charge on any atom is 0.256 e. The van der Waals surface area contributed by atoms with Gasteiger partial charge in [-0.15, -0.1) is 0 Å². The lowest BCUT2D eigenvalue weighted by Crippen LogP contribution is -2.27. The molecule has 148 valence electrons. The minimum absolute atomic E-state index is 0.121. The van der Waals surface area contributed by atoms with Gasteiger partial charge in [0.15, 0.2) is 5.82 Å². The molecule has 2 heterocycles. The monoisotopic (exact) mass is 380 g/mol. The second-order valence-electron chi connectivity index (χ2n) is 7.15. The summed E-state index contributed by atoms with van der Waals surface area (Å²) >= 11 is 0. The van der Waals surface area contributed by atoms with Crippen LogP contribution in [-0.2, 0) is 4.74 Å². The van der Waals surface area contributed by atoms with Crippen LogP contribution in [0.25, 0.3) is 11.5 Å². The van der Waals surface area contributed by atoms with Crippen molar-refractivity contribution in [1.29, 1.82) is 0 Å². The highest BCUT2D eigenvalue weighted by atomic mass is 16.5. The van der Waals surface area contributed by atoms with Crippen LogP contribution in [0.2, 0.25) is 0 Å². The van der Waals surface area contributed by atoms with E-state index in [1.165, 1.54) is 5.56 Å². The highest BCUT2D eigenvalue weighted by Crippen LogP contribution is 2.23. The van der Waals surface area contributed by atoms with E-state index in [9.17, 15) is 4.79 Å². The quantitative estimate of drug-likeness (QED) is 0.604. The van der Waals surface area contributed by atoms with E-state index in [0.29, 0.717) is 24.4 Å². The molecule has 1 N–H and O–H groups in total. The maximum absolute atomic E-state index is 13.0. The van der Waals surface area contributed by atoms with Crippen molar-refractivity contribution in [3.05, 3.63) is 65.6 Å². The topological polar surface area (TPSA) is 61.1 Å². The van der Waals surface area contributed by atoms with Gasteiger partial charge in [-0.3, -0.25) is 4.79 Å². The molecule has 28 heavy (non-hydrogen) atoms. The number of nitrogens with one attached hydrogen (secondary N) is 1.